The second-order valence-electron chi connectivity index (χ2n) is 16.9. The quantitative estimate of drug-likeness (QED) is 0.112. The van der Waals surface area contributed by atoms with E-state index < -0.39 is 35.4 Å². The standard InChI is InChI=1S/C47H57ClFN3O7/c1-46(2,3)31-52-38-24-23-34(48)28-36(38)42(58-40(44(52)54)29-41(53)50-30-33-19-11-12-21-37(33)49)35-20-13-22-39(43(35)56-7)57-27-15-26-51(45(55)59-47(4,5)6)25-14-18-32-16-9-8-10-17-32/h8-13,16-17,19-24,28,40,42H,14-15,18,25-27,29-31H2,1-7H3,(H,50,53)/t40-,42-/m0/s1. The maximum atomic E-state index is 14.5. The fraction of sp³-hybridized carbons (Fsp3) is 0.426. The molecule has 0 aromatic heterocycles. The van der Waals surface area contributed by atoms with E-state index in [4.69, 9.17) is 30.5 Å². The van der Waals surface area contributed by atoms with E-state index in [-0.39, 0.29) is 31.1 Å². The maximum Gasteiger partial charge on any atom is 0.410 e. The van der Waals surface area contributed by atoms with Crippen LogP contribution < -0.4 is 19.7 Å². The van der Waals surface area contributed by atoms with Crippen LogP contribution in [0.4, 0.5) is 14.9 Å². The summed E-state index contributed by atoms with van der Waals surface area (Å²) in [4.78, 5) is 44.5. The van der Waals surface area contributed by atoms with Crippen LogP contribution in [0, 0.1) is 11.2 Å². The number of benzene rings is 4. The minimum Gasteiger partial charge on any atom is -0.492 e. The van der Waals surface area contributed by atoms with E-state index in [1.807, 2.05) is 71.9 Å². The fourth-order valence-corrected chi connectivity index (χ4v) is 7.09. The van der Waals surface area contributed by atoms with Gasteiger partial charge in [-0.15, -0.1) is 0 Å². The number of nitrogens with zero attached hydrogens (tertiary/aromatic N) is 2. The third kappa shape index (κ3) is 12.9. The highest BCUT2D eigenvalue weighted by molar-refractivity contribution is 6.30. The monoisotopic (exact) mass is 829 g/mol. The molecule has 0 saturated carbocycles. The van der Waals surface area contributed by atoms with Crippen LogP contribution in [0.25, 0.3) is 0 Å². The van der Waals surface area contributed by atoms with Crippen molar-refractivity contribution in [2.24, 2.45) is 5.41 Å². The Balaban J connectivity index is 1.38. The van der Waals surface area contributed by atoms with Crippen LogP contribution in [0.15, 0.2) is 91.0 Å². The number of ether oxygens (including phenoxy) is 4. The molecule has 10 nitrogen and oxygen atoms in total. The minimum absolute atomic E-state index is 0.0478. The number of methoxy groups -OCH3 is 1. The molecule has 1 aliphatic rings. The zero-order chi connectivity index (χ0) is 42.7. The maximum absolute atomic E-state index is 14.5. The first-order chi connectivity index (χ1) is 28.0. The van der Waals surface area contributed by atoms with Crippen LogP contribution in [0.1, 0.15) is 89.2 Å². The molecule has 2 atom stereocenters. The molecule has 1 heterocycles. The lowest BCUT2D eigenvalue weighted by Crippen LogP contribution is -2.45. The average Bonchev–Trinajstić information content (AvgIpc) is 3.27. The van der Waals surface area contributed by atoms with Crippen molar-refractivity contribution in [3.8, 4) is 11.5 Å². The molecule has 316 valence electrons. The Morgan fingerprint density at radius 2 is 1.61 bits per heavy atom. The molecule has 0 fully saturated rings. The van der Waals surface area contributed by atoms with Crippen molar-refractivity contribution >= 4 is 35.2 Å². The molecule has 0 aliphatic carbocycles. The van der Waals surface area contributed by atoms with Crippen LogP contribution >= 0.6 is 11.6 Å². The Morgan fingerprint density at radius 3 is 2.31 bits per heavy atom. The first kappa shape index (κ1) is 45.0. The summed E-state index contributed by atoms with van der Waals surface area (Å²) in [5.41, 5.74) is 2.34. The van der Waals surface area contributed by atoms with Gasteiger partial charge < -0.3 is 34.1 Å². The van der Waals surface area contributed by atoms with Gasteiger partial charge in [0.1, 0.15) is 23.6 Å². The molecule has 4 aromatic rings. The summed E-state index contributed by atoms with van der Waals surface area (Å²) in [5, 5.41) is 3.19. The molecule has 0 bridgehead atoms. The number of carbonyl (C=O) groups excluding carboxylic acids is 3. The number of carbonyl (C=O) groups is 3. The van der Waals surface area contributed by atoms with Gasteiger partial charge in [0.2, 0.25) is 5.91 Å². The summed E-state index contributed by atoms with van der Waals surface area (Å²) >= 11 is 6.62. The van der Waals surface area contributed by atoms with E-state index in [1.54, 1.807) is 52.3 Å². The zero-order valence-electron chi connectivity index (χ0n) is 35.2. The number of nitrogens with one attached hydrogen (secondary N) is 1. The Kier molecular flexibility index (Phi) is 15.4. The van der Waals surface area contributed by atoms with Crippen molar-refractivity contribution in [1.82, 2.24) is 10.2 Å². The molecule has 3 amide bonds. The smallest absolute Gasteiger partial charge is 0.410 e. The van der Waals surface area contributed by atoms with Gasteiger partial charge in [0.05, 0.1) is 20.1 Å². The number of rotatable bonds is 16. The second kappa shape index (κ2) is 20.2. The number of anilines is 1. The van der Waals surface area contributed by atoms with Crippen LogP contribution in [-0.4, -0.2) is 67.9 Å². The SMILES string of the molecule is COc1c(OCCCN(CCCc2ccccc2)C(=O)OC(C)(C)C)cccc1[C@@H]1O[C@@H](CC(=O)NCc2ccccc2F)C(=O)N(CC(C)(C)C)c2ccc(Cl)cc21. The summed E-state index contributed by atoms with van der Waals surface area (Å²) in [6, 6.07) is 27.1. The number of fused-ring (bicyclic) bond motifs is 1. The van der Waals surface area contributed by atoms with Gasteiger partial charge in [-0.1, -0.05) is 93.0 Å². The van der Waals surface area contributed by atoms with Crippen LogP contribution in [-0.2, 0) is 32.0 Å². The predicted octanol–water partition coefficient (Wildman–Crippen LogP) is 9.70. The molecule has 0 spiro atoms. The number of hydrogen-bond donors (Lipinski definition) is 1. The molecule has 1 N–H and O–H groups in total. The van der Waals surface area contributed by atoms with E-state index >= 15 is 0 Å². The second-order valence-corrected chi connectivity index (χ2v) is 17.3. The highest BCUT2D eigenvalue weighted by atomic mass is 35.5. The van der Waals surface area contributed by atoms with Gasteiger partial charge in [-0.3, -0.25) is 9.59 Å². The van der Waals surface area contributed by atoms with Crippen molar-refractivity contribution < 1.29 is 37.7 Å². The Morgan fingerprint density at radius 1 is 0.898 bits per heavy atom. The van der Waals surface area contributed by atoms with Crippen molar-refractivity contribution in [2.75, 3.05) is 38.3 Å². The number of halogens is 2. The highest BCUT2D eigenvalue weighted by Crippen LogP contribution is 2.45. The van der Waals surface area contributed by atoms with Crippen LogP contribution in [0.3, 0.4) is 0 Å². The molecule has 12 heteroatoms. The normalized spacial score (nSPS) is 15.5. The van der Waals surface area contributed by atoms with Crippen LogP contribution in [0.5, 0.6) is 11.5 Å². The van der Waals surface area contributed by atoms with Crippen molar-refractivity contribution in [2.45, 2.75) is 91.6 Å². The lowest BCUT2D eigenvalue weighted by molar-refractivity contribution is -0.138. The van der Waals surface area contributed by atoms with E-state index in [0.29, 0.717) is 65.0 Å². The summed E-state index contributed by atoms with van der Waals surface area (Å²) < 4.78 is 39.1. The average molecular weight is 830 g/mol. The number of amides is 3. The Bertz CT molecular complexity index is 2050. The zero-order valence-corrected chi connectivity index (χ0v) is 35.9. The largest absolute Gasteiger partial charge is 0.492 e. The summed E-state index contributed by atoms with van der Waals surface area (Å²) in [6.45, 7) is 13.1. The summed E-state index contributed by atoms with van der Waals surface area (Å²) in [6.07, 6.45) is -0.704. The molecule has 5 rings (SSSR count). The van der Waals surface area contributed by atoms with Gasteiger partial charge in [-0.05, 0) is 81.3 Å². The molecular weight excluding hydrogens is 773 g/mol. The fourth-order valence-electron chi connectivity index (χ4n) is 6.91. The van der Waals surface area contributed by atoms with Gasteiger partial charge in [0, 0.05) is 53.6 Å². The number of aryl methyl sites for hydroxylation is 1. The summed E-state index contributed by atoms with van der Waals surface area (Å²) in [7, 11) is 1.53. The van der Waals surface area contributed by atoms with E-state index in [0.717, 1.165) is 12.8 Å². The topological polar surface area (TPSA) is 107 Å². The van der Waals surface area contributed by atoms with Gasteiger partial charge in [-0.25, -0.2) is 9.18 Å². The van der Waals surface area contributed by atoms with Crippen molar-refractivity contribution in [3.63, 3.8) is 0 Å². The van der Waals surface area contributed by atoms with Crippen molar-refractivity contribution in [1.29, 1.82) is 0 Å². The molecular formula is C47H57ClFN3O7. The minimum atomic E-state index is -1.22. The van der Waals surface area contributed by atoms with Gasteiger partial charge in [0.15, 0.2) is 11.5 Å². The first-order valence-electron chi connectivity index (χ1n) is 20.1. The molecule has 0 saturated heterocycles. The first-order valence-corrected chi connectivity index (χ1v) is 20.5. The predicted molar refractivity (Wildman–Crippen MR) is 229 cm³/mol. The molecule has 4 aromatic carbocycles. The van der Waals surface area contributed by atoms with Gasteiger partial charge >= 0.3 is 6.09 Å². The van der Waals surface area contributed by atoms with E-state index in [1.165, 1.54) is 18.7 Å². The lowest BCUT2D eigenvalue weighted by Gasteiger charge is -2.31. The number of para-hydroxylation sites is 1. The highest BCUT2D eigenvalue weighted by Gasteiger charge is 2.40. The van der Waals surface area contributed by atoms with Crippen LogP contribution in [0.2, 0.25) is 5.02 Å². The molecule has 0 radical (unpaired) electrons. The molecule has 59 heavy (non-hydrogen) atoms. The lowest BCUT2D eigenvalue weighted by atomic mass is 9.94. The van der Waals surface area contributed by atoms with Crippen molar-refractivity contribution in [3.05, 3.63) is 124 Å². The Hall–Kier alpha value is -5.13. The molecule has 0 unspecified atom stereocenters. The van der Waals surface area contributed by atoms with Gasteiger partial charge in [0.25, 0.3) is 5.91 Å². The van der Waals surface area contributed by atoms with Gasteiger partial charge in [-0.2, -0.15) is 0 Å². The van der Waals surface area contributed by atoms with E-state index in [2.05, 4.69) is 17.4 Å². The Labute approximate surface area is 352 Å². The third-order valence-corrected chi connectivity index (χ3v) is 9.79. The number of hydrogen-bond acceptors (Lipinski definition) is 7. The van der Waals surface area contributed by atoms with E-state index in [9.17, 15) is 18.8 Å². The summed E-state index contributed by atoms with van der Waals surface area (Å²) in [5.74, 6) is -0.487. The molecule has 1 aliphatic heterocycles. The third-order valence-electron chi connectivity index (χ3n) is 9.56.